The number of ether oxygens (including phenoxy) is 1. The van der Waals surface area contributed by atoms with E-state index in [4.69, 9.17) is 4.74 Å². The first-order chi connectivity index (χ1) is 14.0. The molecule has 0 aliphatic carbocycles. The van der Waals surface area contributed by atoms with Crippen molar-refractivity contribution >= 4 is 43.9 Å². The van der Waals surface area contributed by atoms with Crippen molar-refractivity contribution in [2.45, 2.75) is 20.4 Å². The number of nitrogens with one attached hydrogen (secondary N) is 1. The number of aryl methyl sites for hydroxylation is 2. The molecule has 0 aliphatic rings. The predicted octanol–water partition coefficient (Wildman–Crippen LogP) is 4.17. The number of nitrogens with zero attached hydrogens (tertiary/aromatic N) is 3. The van der Waals surface area contributed by atoms with Crippen LogP contribution in [0.2, 0.25) is 0 Å². The summed E-state index contributed by atoms with van der Waals surface area (Å²) in [5.74, 6) is 0.483. The zero-order valence-corrected chi connectivity index (χ0v) is 17.7. The van der Waals surface area contributed by atoms with Gasteiger partial charge in [-0.15, -0.1) is 22.7 Å². The number of rotatable bonds is 5. The lowest BCUT2D eigenvalue weighted by Crippen LogP contribution is -2.19. The molecule has 0 spiro atoms. The Morgan fingerprint density at radius 2 is 2.03 bits per heavy atom. The molecule has 0 bridgehead atoms. The molecule has 0 unspecified atom stereocenters. The minimum Gasteiger partial charge on any atom is -0.497 e. The molecule has 148 valence electrons. The Morgan fingerprint density at radius 3 is 2.72 bits per heavy atom. The van der Waals surface area contributed by atoms with Crippen molar-refractivity contribution in [1.29, 1.82) is 0 Å². The van der Waals surface area contributed by atoms with Crippen molar-refractivity contribution in [3.8, 4) is 17.0 Å². The van der Waals surface area contributed by atoms with Crippen LogP contribution in [0, 0.1) is 6.92 Å². The third-order valence-electron chi connectivity index (χ3n) is 4.57. The van der Waals surface area contributed by atoms with Crippen molar-refractivity contribution in [2.75, 3.05) is 12.4 Å². The molecule has 3 heterocycles. The quantitative estimate of drug-likeness (QED) is 0.518. The number of anilines is 1. The summed E-state index contributed by atoms with van der Waals surface area (Å²) in [5, 5.41) is 5.72. The molecular formula is C20H18N4O3S2. The summed E-state index contributed by atoms with van der Waals surface area (Å²) >= 11 is 2.57. The molecule has 0 fully saturated rings. The van der Waals surface area contributed by atoms with E-state index in [1.165, 1.54) is 33.6 Å². The number of aromatic nitrogens is 3. The number of carbonyl (C=O) groups is 1. The number of fused-ring (bicyclic) bond motifs is 1. The molecule has 0 saturated carbocycles. The summed E-state index contributed by atoms with van der Waals surface area (Å²) in [4.78, 5) is 35.2. The maximum Gasteiger partial charge on any atom is 0.267 e. The van der Waals surface area contributed by atoms with Crippen LogP contribution in [0.4, 0.5) is 5.13 Å². The zero-order valence-electron chi connectivity index (χ0n) is 16.1. The van der Waals surface area contributed by atoms with Gasteiger partial charge in [-0.2, -0.15) is 0 Å². The van der Waals surface area contributed by atoms with Crippen molar-refractivity contribution in [2.24, 2.45) is 0 Å². The van der Waals surface area contributed by atoms with E-state index in [0.717, 1.165) is 17.0 Å². The lowest BCUT2D eigenvalue weighted by Gasteiger charge is -2.02. The van der Waals surface area contributed by atoms with E-state index >= 15 is 0 Å². The third kappa shape index (κ3) is 3.54. The standard InChI is InChI=1S/C20H18N4O3S2/c1-4-24-10-21-18-15(19(24)26)11(2)16(29-18)17(25)23-20-22-14(9-28-20)12-5-7-13(27-3)8-6-12/h5-10H,4H2,1-3H3,(H,22,23,25). The molecule has 1 N–H and O–H groups in total. The maximum atomic E-state index is 12.8. The molecule has 7 nitrogen and oxygen atoms in total. The highest BCUT2D eigenvalue weighted by Gasteiger charge is 2.20. The first kappa shape index (κ1) is 19.3. The van der Waals surface area contributed by atoms with Crippen LogP contribution in [0.15, 0.2) is 40.8 Å². The van der Waals surface area contributed by atoms with Crippen LogP contribution >= 0.6 is 22.7 Å². The highest BCUT2D eigenvalue weighted by molar-refractivity contribution is 7.21. The average Bonchev–Trinajstić information content (AvgIpc) is 3.33. The fourth-order valence-corrected chi connectivity index (χ4v) is 4.73. The third-order valence-corrected chi connectivity index (χ3v) is 6.53. The Kier molecular flexibility index (Phi) is 5.16. The van der Waals surface area contributed by atoms with E-state index in [9.17, 15) is 9.59 Å². The molecule has 4 rings (SSSR count). The molecule has 4 aromatic rings. The van der Waals surface area contributed by atoms with Gasteiger partial charge in [-0.1, -0.05) is 0 Å². The second-order valence-corrected chi connectivity index (χ2v) is 8.15. The highest BCUT2D eigenvalue weighted by Crippen LogP contribution is 2.30. The van der Waals surface area contributed by atoms with E-state index in [0.29, 0.717) is 32.3 Å². The molecule has 1 amide bonds. The number of thiophene rings is 1. The summed E-state index contributed by atoms with van der Waals surface area (Å²) in [6.45, 7) is 4.19. The van der Waals surface area contributed by atoms with Gasteiger partial charge in [0.05, 0.1) is 29.4 Å². The minimum absolute atomic E-state index is 0.124. The largest absolute Gasteiger partial charge is 0.497 e. The van der Waals surface area contributed by atoms with Crippen molar-refractivity contribution in [3.63, 3.8) is 0 Å². The molecule has 1 aromatic carbocycles. The number of hydrogen-bond acceptors (Lipinski definition) is 7. The van der Waals surface area contributed by atoms with Gasteiger partial charge < -0.3 is 4.74 Å². The summed E-state index contributed by atoms with van der Waals surface area (Å²) in [5.41, 5.74) is 2.23. The number of benzene rings is 1. The Labute approximate surface area is 174 Å². The van der Waals surface area contributed by atoms with Crippen molar-refractivity contribution < 1.29 is 9.53 Å². The number of amides is 1. The van der Waals surface area contributed by atoms with Crippen molar-refractivity contribution in [3.05, 3.63) is 56.8 Å². The zero-order chi connectivity index (χ0) is 20.5. The maximum absolute atomic E-state index is 12.8. The fourth-order valence-electron chi connectivity index (χ4n) is 2.98. The molecular weight excluding hydrogens is 408 g/mol. The van der Waals surface area contributed by atoms with Crippen LogP contribution in [0.5, 0.6) is 5.75 Å². The fraction of sp³-hybridized carbons (Fsp3) is 0.200. The smallest absolute Gasteiger partial charge is 0.267 e. The summed E-state index contributed by atoms with van der Waals surface area (Å²) < 4.78 is 6.70. The SMILES string of the molecule is CCn1cnc2sc(C(=O)Nc3nc(-c4ccc(OC)cc4)cs3)c(C)c2c1=O. The van der Waals surface area contributed by atoms with Gasteiger partial charge in [-0.05, 0) is 43.7 Å². The molecule has 3 aromatic heterocycles. The normalized spacial score (nSPS) is 11.0. The topological polar surface area (TPSA) is 86.1 Å². The molecule has 0 atom stereocenters. The minimum atomic E-state index is -0.288. The number of thiazole rings is 1. The lowest BCUT2D eigenvalue weighted by atomic mass is 10.2. The summed E-state index contributed by atoms with van der Waals surface area (Å²) in [7, 11) is 1.62. The van der Waals surface area contributed by atoms with Gasteiger partial charge in [0.1, 0.15) is 10.6 Å². The van der Waals surface area contributed by atoms with Crippen LogP contribution in [-0.2, 0) is 6.54 Å². The van der Waals surface area contributed by atoms with Gasteiger partial charge in [0.2, 0.25) is 0 Å². The monoisotopic (exact) mass is 426 g/mol. The van der Waals surface area contributed by atoms with Gasteiger partial charge in [0.25, 0.3) is 11.5 Å². The molecule has 0 aliphatic heterocycles. The number of carbonyl (C=O) groups excluding carboxylic acids is 1. The van der Waals surface area contributed by atoms with Crippen LogP contribution < -0.4 is 15.6 Å². The number of methoxy groups -OCH3 is 1. The Morgan fingerprint density at radius 1 is 1.28 bits per heavy atom. The predicted molar refractivity (Wildman–Crippen MR) is 116 cm³/mol. The van der Waals surface area contributed by atoms with Crippen LogP contribution in [-0.4, -0.2) is 27.6 Å². The molecule has 9 heteroatoms. The highest BCUT2D eigenvalue weighted by atomic mass is 32.1. The number of hydrogen-bond donors (Lipinski definition) is 1. The molecule has 0 saturated heterocycles. The first-order valence-electron chi connectivity index (χ1n) is 8.91. The van der Waals surface area contributed by atoms with Gasteiger partial charge in [0, 0.05) is 17.5 Å². The Bertz CT molecular complexity index is 1260. The first-order valence-corrected chi connectivity index (χ1v) is 10.6. The van der Waals surface area contributed by atoms with Gasteiger partial charge in [-0.25, -0.2) is 9.97 Å². The van der Waals surface area contributed by atoms with Crippen LogP contribution in [0.1, 0.15) is 22.2 Å². The summed E-state index contributed by atoms with van der Waals surface area (Å²) in [6, 6.07) is 7.56. The molecule has 29 heavy (non-hydrogen) atoms. The Hall–Kier alpha value is -3.04. The van der Waals surface area contributed by atoms with E-state index in [2.05, 4.69) is 15.3 Å². The van der Waals surface area contributed by atoms with Gasteiger partial charge in [0.15, 0.2) is 5.13 Å². The van der Waals surface area contributed by atoms with Crippen molar-refractivity contribution in [1.82, 2.24) is 14.5 Å². The lowest BCUT2D eigenvalue weighted by molar-refractivity contribution is 0.103. The summed E-state index contributed by atoms with van der Waals surface area (Å²) in [6.07, 6.45) is 1.52. The molecule has 0 radical (unpaired) electrons. The second-order valence-electron chi connectivity index (χ2n) is 6.29. The average molecular weight is 427 g/mol. The van der Waals surface area contributed by atoms with Gasteiger partial charge >= 0.3 is 0 Å². The van der Waals surface area contributed by atoms with E-state index in [1.54, 1.807) is 14.0 Å². The second kappa shape index (κ2) is 7.76. The van der Waals surface area contributed by atoms with Gasteiger partial charge in [-0.3, -0.25) is 19.5 Å². The van der Waals surface area contributed by atoms with Crippen LogP contribution in [0.25, 0.3) is 21.5 Å². The van der Waals surface area contributed by atoms with E-state index < -0.39 is 0 Å². The van der Waals surface area contributed by atoms with Crippen LogP contribution in [0.3, 0.4) is 0 Å². The van der Waals surface area contributed by atoms with E-state index in [1.807, 2.05) is 36.6 Å². The Balaban J connectivity index is 1.60. The van der Waals surface area contributed by atoms with E-state index in [-0.39, 0.29) is 11.5 Å².